The molecule has 4 heterocycles. The number of nitrogens with zero attached hydrogens (tertiary/aromatic N) is 5. The van der Waals surface area contributed by atoms with Gasteiger partial charge in [-0.25, -0.2) is 9.07 Å². The number of hydrogen-bond donors (Lipinski definition) is 5. The number of likely N-dealkylation sites (N-methyl/N-ethyl adjacent to an activating group) is 2. The molecule has 0 radical (unpaired) electrons. The van der Waals surface area contributed by atoms with Gasteiger partial charge in [-0.05, 0) is 99.9 Å². The Labute approximate surface area is 402 Å². The molecule has 1 aromatic carbocycles. The van der Waals surface area contributed by atoms with Crippen molar-refractivity contribution in [1.29, 1.82) is 0 Å². The number of carbonyl (C=O) groups excluding carboxylic acids is 1. The van der Waals surface area contributed by atoms with Crippen LogP contribution in [0.2, 0.25) is 0 Å². The van der Waals surface area contributed by atoms with Gasteiger partial charge < -0.3 is 68.5 Å². The van der Waals surface area contributed by atoms with Crippen LogP contribution >= 0.6 is 0 Å². The lowest BCUT2D eigenvalue weighted by molar-refractivity contribution is -0.318. The number of carbonyl (C=O) groups is 1. The zero-order valence-electron chi connectivity index (χ0n) is 42.5. The zero-order valence-corrected chi connectivity index (χ0v) is 42.5. The molecular weight excluding hydrogens is 886 g/mol. The topological polar surface area (TPSA) is 220 Å². The predicted octanol–water partition coefficient (Wildman–Crippen LogP) is 3.32. The lowest BCUT2D eigenvalue weighted by Crippen LogP contribution is -2.61. The van der Waals surface area contributed by atoms with E-state index in [-0.39, 0.29) is 43.7 Å². The van der Waals surface area contributed by atoms with Crippen molar-refractivity contribution in [2.75, 3.05) is 40.9 Å². The predicted molar refractivity (Wildman–Crippen MR) is 249 cm³/mol. The third-order valence-corrected chi connectivity index (χ3v) is 14.8. The summed E-state index contributed by atoms with van der Waals surface area (Å²) in [7, 11) is 5.24. The maximum Gasteiger partial charge on any atom is 0.311 e. The minimum atomic E-state index is -1.84. The number of hydrogen-bond acceptors (Lipinski definition) is 17. The highest BCUT2D eigenvalue weighted by molar-refractivity contribution is 5.73. The molecule has 19 heteroatoms. The normalized spacial score (nSPS) is 40.6. The maximum atomic E-state index is 14.4. The molecule has 3 fully saturated rings. The van der Waals surface area contributed by atoms with Crippen LogP contribution in [-0.4, -0.2) is 187 Å². The number of aromatic nitrogens is 3. The van der Waals surface area contributed by atoms with Crippen molar-refractivity contribution in [3.63, 3.8) is 0 Å². The molecule has 0 saturated carbocycles. The minimum Gasteiger partial charge on any atom is -0.492 e. The van der Waals surface area contributed by atoms with Crippen LogP contribution in [0.3, 0.4) is 0 Å². The first-order valence-corrected chi connectivity index (χ1v) is 24.4. The van der Waals surface area contributed by atoms with E-state index < -0.39 is 102 Å². The number of ether oxygens (including phenoxy) is 7. The molecule has 18 atom stereocenters. The van der Waals surface area contributed by atoms with Gasteiger partial charge in [0.15, 0.2) is 12.6 Å². The summed E-state index contributed by atoms with van der Waals surface area (Å²) in [6.07, 6.45) is -6.80. The molecule has 388 valence electrons. The average molecular weight is 968 g/mol. The fourth-order valence-corrected chi connectivity index (χ4v) is 10.5. The minimum absolute atomic E-state index is 0.0962. The first-order chi connectivity index (χ1) is 31.8. The molecule has 5 N–H and O–H groups in total. The smallest absolute Gasteiger partial charge is 0.311 e. The second kappa shape index (κ2) is 23.5. The lowest BCUT2D eigenvalue weighted by atomic mass is 9.77. The highest BCUT2D eigenvalue weighted by atomic mass is 19.1. The van der Waals surface area contributed by atoms with Crippen LogP contribution in [0.5, 0.6) is 5.75 Å². The quantitative estimate of drug-likeness (QED) is 0.172. The van der Waals surface area contributed by atoms with Crippen molar-refractivity contribution in [2.24, 2.45) is 17.8 Å². The van der Waals surface area contributed by atoms with Crippen molar-refractivity contribution in [3.05, 3.63) is 42.0 Å². The second-order valence-corrected chi connectivity index (χ2v) is 20.7. The summed E-state index contributed by atoms with van der Waals surface area (Å²) in [4.78, 5) is 18.4. The Bertz CT molecular complexity index is 1890. The van der Waals surface area contributed by atoms with Crippen molar-refractivity contribution >= 4 is 5.97 Å². The summed E-state index contributed by atoms with van der Waals surface area (Å²) in [6, 6.07) is 4.94. The van der Waals surface area contributed by atoms with Crippen molar-refractivity contribution in [1.82, 2.24) is 24.8 Å². The average Bonchev–Trinajstić information content (AvgIpc) is 3.74. The second-order valence-electron chi connectivity index (χ2n) is 20.7. The Morgan fingerprint density at radius 3 is 2.37 bits per heavy atom. The number of esters is 1. The van der Waals surface area contributed by atoms with Crippen LogP contribution in [0, 0.1) is 23.6 Å². The summed E-state index contributed by atoms with van der Waals surface area (Å²) >= 11 is 0. The van der Waals surface area contributed by atoms with E-state index in [0.717, 1.165) is 5.69 Å². The van der Waals surface area contributed by atoms with Gasteiger partial charge in [0.25, 0.3) is 0 Å². The molecule has 68 heavy (non-hydrogen) atoms. The summed E-state index contributed by atoms with van der Waals surface area (Å²) < 4.78 is 59.1. The van der Waals surface area contributed by atoms with Crippen molar-refractivity contribution in [3.8, 4) is 5.75 Å². The third-order valence-electron chi connectivity index (χ3n) is 14.8. The maximum absolute atomic E-state index is 14.4. The number of cyclic esters (lactones) is 1. The molecule has 3 aliphatic heterocycles. The molecule has 0 aliphatic carbocycles. The van der Waals surface area contributed by atoms with Gasteiger partial charge in [-0.15, -0.1) is 5.10 Å². The van der Waals surface area contributed by atoms with E-state index in [9.17, 15) is 34.7 Å². The molecule has 3 aliphatic rings. The molecule has 2 aromatic rings. The number of halogens is 1. The molecule has 0 amide bonds. The van der Waals surface area contributed by atoms with Gasteiger partial charge in [0, 0.05) is 63.3 Å². The standard InChI is InChI=1S/C49H82FN5O13/c1-14-38-49(10,61)42(57)32(6)54(12)26-28(2)24-47(8,60)44(30(4)41(31(5)45(59)66-38)67-39-25-48(9,62-13)43(58)33(7)65-39)68-46-40(56)37(22-29(3)64-46)53(11)19-18-35-27-55(52-51-35)20-21-63-36-17-15-16-34(50)23-36/h15-17,23,27-33,37-44,46,56-58,60-61H,14,18-22,24-26H2,1-13H3/t28-,29-,30+,31-,32-,33+,37+,38-,39+,40-,41+,42-,43+,44-,46+,47-,48-,49-/m1/s1. The summed E-state index contributed by atoms with van der Waals surface area (Å²) in [5.74, 6) is -2.75. The van der Waals surface area contributed by atoms with E-state index in [1.54, 1.807) is 65.3 Å². The summed E-state index contributed by atoms with van der Waals surface area (Å²) in [5.41, 5.74) is -3.81. The molecule has 18 nitrogen and oxygen atoms in total. The van der Waals surface area contributed by atoms with Gasteiger partial charge >= 0.3 is 5.97 Å². The Balaban J connectivity index is 1.42. The third kappa shape index (κ3) is 13.5. The van der Waals surface area contributed by atoms with Crippen molar-refractivity contribution in [2.45, 2.75) is 198 Å². The highest BCUT2D eigenvalue weighted by Crippen LogP contribution is 2.40. The fourth-order valence-electron chi connectivity index (χ4n) is 10.5. The van der Waals surface area contributed by atoms with E-state index in [1.165, 1.54) is 26.2 Å². The van der Waals surface area contributed by atoms with Crippen LogP contribution in [-0.2, 0) is 46.2 Å². The van der Waals surface area contributed by atoms with Crippen LogP contribution in [0.4, 0.5) is 4.39 Å². The first kappa shape index (κ1) is 56.0. The molecule has 0 unspecified atom stereocenters. The number of benzene rings is 1. The highest BCUT2D eigenvalue weighted by Gasteiger charge is 2.53. The molecule has 0 spiro atoms. The summed E-state index contributed by atoms with van der Waals surface area (Å²) in [6.45, 7) is 19.1. The Morgan fingerprint density at radius 2 is 1.71 bits per heavy atom. The molecular formula is C49H82FN5O13. The van der Waals surface area contributed by atoms with Crippen LogP contribution in [0.25, 0.3) is 0 Å². The van der Waals surface area contributed by atoms with Gasteiger partial charge in [0.2, 0.25) is 0 Å². The van der Waals surface area contributed by atoms with E-state index in [2.05, 4.69) is 10.3 Å². The van der Waals surface area contributed by atoms with Crippen LogP contribution < -0.4 is 4.74 Å². The van der Waals surface area contributed by atoms with E-state index >= 15 is 0 Å². The zero-order chi connectivity index (χ0) is 50.5. The number of aliphatic hydroxyl groups excluding tert-OH is 3. The molecule has 5 rings (SSSR count). The van der Waals surface area contributed by atoms with Crippen LogP contribution in [0.1, 0.15) is 101 Å². The SMILES string of the molecule is CC[C@H]1OC(=O)[C@H](C)[C@@H](O[C@H]2C[C@@](C)(OC)[C@@H](O)[C@H](C)O2)[C@H](C)[C@@H](O[C@@H]2O[C@H](C)C[C@H](N(C)CCc3cn(CCOc4cccc(F)c4)nn3)[C@H]2O)[C@](C)(O)C[C@@H](C)CN(C)[C@H](C)[C@@H](O)[C@]1(C)O. The number of methoxy groups -OCH3 is 1. The Kier molecular flexibility index (Phi) is 19.4. The number of aliphatic hydroxyl groups is 5. The summed E-state index contributed by atoms with van der Waals surface area (Å²) in [5, 5.41) is 68.1. The largest absolute Gasteiger partial charge is 0.492 e. The van der Waals surface area contributed by atoms with Gasteiger partial charge in [-0.1, -0.05) is 32.1 Å². The fraction of sp³-hybridized carbons (Fsp3) is 0.816. The monoisotopic (exact) mass is 968 g/mol. The molecule has 0 bridgehead atoms. The van der Waals surface area contributed by atoms with Gasteiger partial charge in [0.05, 0.1) is 53.8 Å². The van der Waals surface area contributed by atoms with Crippen LogP contribution in [0.15, 0.2) is 30.5 Å². The Morgan fingerprint density at radius 1 is 1.00 bits per heavy atom. The molecule has 1 aromatic heterocycles. The number of rotatable bonds is 14. The van der Waals surface area contributed by atoms with Gasteiger partial charge in [0.1, 0.15) is 48.2 Å². The van der Waals surface area contributed by atoms with Gasteiger partial charge in [-0.3, -0.25) is 4.79 Å². The van der Waals surface area contributed by atoms with E-state index in [1.807, 2.05) is 43.9 Å². The molecule has 3 saturated heterocycles. The first-order valence-electron chi connectivity index (χ1n) is 24.4. The Hall–Kier alpha value is -2.92. The van der Waals surface area contributed by atoms with E-state index in [0.29, 0.717) is 38.2 Å². The van der Waals surface area contributed by atoms with E-state index in [4.69, 9.17) is 33.2 Å². The lowest BCUT2D eigenvalue weighted by Gasteiger charge is -2.49. The van der Waals surface area contributed by atoms with Gasteiger partial charge in [-0.2, -0.15) is 0 Å². The van der Waals surface area contributed by atoms with Crippen molar-refractivity contribution < 1.29 is 67.9 Å².